The molecule has 27 heavy (non-hydrogen) atoms. The van der Waals surface area contributed by atoms with E-state index in [9.17, 15) is 4.79 Å². The molecule has 1 atom stereocenters. The molecule has 1 amide bonds. The molecule has 4 heteroatoms. The fourth-order valence-corrected chi connectivity index (χ4v) is 4.00. The predicted molar refractivity (Wildman–Crippen MR) is 109 cm³/mol. The third kappa shape index (κ3) is 3.65. The summed E-state index contributed by atoms with van der Waals surface area (Å²) in [5.74, 6) is 1.40. The molecule has 1 aliphatic rings. The highest BCUT2D eigenvalue weighted by Crippen LogP contribution is 2.30. The van der Waals surface area contributed by atoms with Crippen molar-refractivity contribution in [1.82, 2.24) is 14.5 Å². The Labute approximate surface area is 160 Å². The van der Waals surface area contributed by atoms with Crippen molar-refractivity contribution in [2.75, 3.05) is 13.1 Å². The highest BCUT2D eigenvalue weighted by molar-refractivity contribution is 5.81. The van der Waals surface area contributed by atoms with Gasteiger partial charge in [-0.05, 0) is 30.5 Å². The van der Waals surface area contributed by atoms with E-state index in [1.54, 1.807) is 6.08 Å². The van der Waals surface area contributed by atoms with Crippen molar-refractivity contribution in [2.24, 2.45) is 0 Å². The van der Waals surface area contributed by atoms with Crippen LogP contribution in [0.5, 0.6) is 0 Å². The van der Waals surface area contributed by atoms with E-state index in [2.05, 4.69) is 59.7 Å². The monoisotopic (exact) mass is 359 g/mol. The summed E-state index contributed by atoms with van der Waals surface area (Å²) in [4.78, 5) is 19.1. The van der Waals surface area contributed by atoms with Crippen LogP contribution < -0.4 is 0 Å². The van der Waals surface area contributed by atoms with Gasteiger partial charge in [0.1, 0.15) is 5.82 Å². The van der Waals surface area contributed by atoms with Gasteiger partial charge in [0.05, 0.1) is 11.0 Å². The van der Waals surface area contributed by atoms with Gasteiger partial charge < -0.3 is 9.47 Å². The van der Waals surface area contributed by atoms with Gasteiger partial charge in [-0.3, -0.25) is 4.79 Å². The minimum atomic E-state index is 0.154. The van der Waals surface area contributed by atoms with E-state index in [1.807, 2.05) is 11.0 Å². The van der Waals surface area contributed by atoms with Gasteiger partial charge in [0.25, 0.3) is 0 Å². The lowest BCUT2D eigenvalue weighted by atomic mass is 10.1. The van der Waals surface area contributed by atoms with Crippen molar-refractivity contribution < 1.29 is 4.79 Å². The number of amides is 1. The fraction of sp³-hybridized carbons (Fsp3) is 0.304. The second-order valence-corrected chi connectivity index (χ2v) is 7.19. The molecule has 0 radical (unpaired) electrons. The molecule has 1 aromatic heterocycles. The smallest absolute Gasteiger partial charge is 0.223 e. The molecule has 1 aliphatic heterocycles. The van der Waals surface area contributed by atoms with Gasteiger partial charge in [0.15, 0.2) is 0 Å². The first-order valence-electron chi connectivity index (χ1n) is 9.64. The third-order valence-corrected chi connectivity index (χ3v) is 5.30. The van der Waals surface area contributed by atoms with Crippen LogP contribution in [-0.2, 0) is 17.8 Å². The molecular weight excluding hydrogens is 334 g/mol. The maximum atomic E-state index is 12.3. The van der Waals surface area contributed by atoms with Crippen LogP contribution in [0.15, 0.2) is 67.3 Å². The zero-order valence-corrected chi connectivity index (χ0v) is 15.6. The number of imidazole rings is 1. The first-order chi connectivity index (χ1) is 13.3. The summed E-state index contributed by atoms with van der Waals surface area (Å²) in [5.41, 5.74) is 3.54. The van der Waals surface area contributed by atoms with Crippen LogP contribution in [0.2, 0.25) is 0 Å². The predicted octanol–water partition coefficient (Wildman–Crippen LogP) is 4.17. The van der Waals surface area contributed by atoms with Crippen molar-refractivity contribution >= 4 is 16.9 Å². The van der Waals surface area contributed by atoms with Gasteiger partial charge >= 0.3 is 0 Å². The van der Waals surface area contributed by atoms with Crippen molar-refractivity contribution in [2.45, 2.75) is 31.7 Å². The van der Waals surface area contributed by atoms with Gasteiger partial charge in [-0.2, -0.15) is 0 Å². The Morgan fingerprint density at radius 2 is 1.89 bits per heavy atom. The lowest BCUT2D eigenvalue weighted by Gasteiger charge is -2.15. The summed E-state index contributed by atoms with van der Waals surface area (Å²) in [6, 6.07) is 18.9. The first kappa shape index (κ1) is 17.5. The van der Waals surface area contributed by atoms with Crippen molar-refractivity contribution in [1.29, 1.82) is 0 Å². The highest BCUT2D eigenvalue weighted by Gasteiger charge is 2.33. The van der Waals surface area contributed by atoms with Crippen LogP contribution in [0.3, 0.4) is 0 Å². The van der Waals surface area contributed by atoms with Crippen LogP contribution in [0.4, 0.5) is 0 Å². The maximum Gasteiger partial charge on any atom is 0.223 e. The van der Waals surface area contributed by atoms with Crippen molar-refractivity contribution in [3.8, 4) is 0 Å². The Morgan fingerprint density at radius 1 is 1.11 bits per heavy atom. The zero-order valence-electron chi connectivity index (χ0n) is 15.6. The van der Waals surface area contributed by atoms with E-state index in [0.717, 1.165) is 42.8 Å². The number of para-hydroxylation sites is 2. The zero-order chi connectivity index (χ0) is 18.6. The van der Waals surface area contributed by atoms with Crippen LogP contribution in [0.1, 0.15) is 30.1 Å². The number of benzene rings is 2. The van der Waals surface area contributed by atoms with Crippen LogP contribution in [0, 0.1) is 0 Å². The summed E-state index contributed by atoms with van der Waals surface area (Å²) in [7, 11) is 0. The molecule has 0 spiro atoms. The first-order valence-corrected chi connectivity index (χ1v) is 9.64. The molecule has 2 heterocycles. The van der Waals surface area contributed by atoms with E-state index >= 15 is 0 Å². The number of fused-ring (bicyclic) bond motifs is 1. The standard InChI is InChI=1S/C23H25N3O/c1-2-14-25-17-19(16-22(25)27)23-24-20-12-6-7-13-21(20)26(23)15-8-11-18-9-4-3-5-10-18/h2-7,9-10,12-13,19H,1,8,11,14-17H2/t19-/m1/s1. The molecule has 0 saturated carbocycles. The maximum absolute atomic E-state index is 12.3. The number of likely N-dealkylation sites (tertiary alicyclic amines) is 1. The lowest BCUT2D eigenvalue weighted by molar-refractivity contribution is -0.127. The quantitative estimate of drug-likeness (QED) is 0.594. The van der Waals surface area contributed by atoms with Crippen LogP contribution >= 0.6 is 0 Å². The number of aryl methyl sites for hydroxylation is 2. The average Bonchev–Trinajstić information content (AvgIpc) is 3.24. The third-order valence-electron chi connectivity index (χ3n) is 5.30. The summed E-state index contributed by atoms with van der Waals surface area (Å²) in [6.07, 6.45) is 4.42. The van der Waals surface area contributed by atoms with Crippen LogP contribution in [0.25, 0.3) is 11.0 Å². The molecule has 1 saturated heterocycles. The highest BCUT2D eigenvalue weighted by atomic mass is 16.2. The molecule has 0 unspecified atom stereocenters. The molecule has 1 fully saturated rings. The molecule has 2 aromatic carbocycles. The number of nitrogens with zero attached hydrogens (tertiary/aromatic N) is 3. The van der Waals surface area contributed by atoms with E-state index in [4.69, 9.17) is 4.98 Å². The Kier molecular flexibility index (Phi) is 5.05. The van der Waals surface area contributed by atoms with Gasteiger partial charge in [-0.15, -0.1) is 6.58 Å². The number of aromatic nitrogens is 2. The Bertz CT molecular complexity index is 945. The van der Waals surface area contributed by atoms with Crippen LogP contribution in [-0.4, -0.2) is 33.4 Å². The SMILES string of the molecule is C=CCN1C[C@H](c2nc3ccccc3n2CCCc2ccccc2)CC1=O. The normalized spacial score (nSPS) is 17.0. The van der Waals surface area contributed by atoms with Gasteiger partial charge in [0, 0.05) is 32.0 Å². The van der Waals surface area contributed by atoms with E-state index in [0.29, 0.717) is 13.0 Å². The molecule has 3 aromatic rings. The van der Waals surface area contributed by atoms with E-state index < -0.39 is 0 Å². The van der Waals surface area contributed by atoms with Gasteiger partial charge in [-0.1, -0.05) is 48.5 Å². The average molecular weight is 359 g/mol. The fourth-order valence-electron chi connectivity index (χ4n) is 4.00. The minimum Gasteiger partial charge on any atom is -0.338 e. The number of carbonyl (C=O) groups excluding carboxylic acids is 1. The lowest BCUT2D eigenvalue weighted by Crippen LogP contribution is -2.25. The largest absolute Gasteiger partial charge is 0.338 e. The molecule has 4 rings (SSSR count). The second kappa shape index (κ2) is 7.78. The summed E-state index contributed by atoms with van der Waals surface area (Å²) < 4.78 is 2.33. The summed E-state index contributed by atoms with van der Waals surface area (Å²) in [6.45, 7) is 6.02. The topological polar surface area (TPSA) is 38.1 Å². The number of hydrogen-bond acceptors (Lipinski definition) is 2. The summed E-state index contributed by atoms with van der Waals surface area (Å²) in [5, 5.41) is 0. The Balaban J connectivity index is 1.58. The van der Waals surface area contributed by atoms with Gasteiger partial charge in [0.2, 0.25) is 5.91 Å². The van der Waals surface area contributed by atoms with E-state index in [-0.39, 0.29) is 11.8 Å². The number of rotatable bonds is 7. The second-order valence-electron chi connectivity index (χ2n) is 7.19. The Morgan fingerprint density at radius 3 is 2.70 bits per heavy atom. The Hall–Kier alpha value is -2.88. The van der Waals surface area contributed by atoms with Crippen molar-refractivity contribution in [3.05, 3.63) is 78.6 Å². The molecule has 0 N–H and O–H groups in total. The number of hydrogen-bond donors (Lipinski definition) is 0. The molecule has 0 aliphatic carbocycles. The molecular formula is C23H25N3O. The molecule has 4 nitrogen and oxygen atoms in total. The number of carbonyl (C=O) groups is 1. The van der Waals surface area contributed by atoms with Crippen molar-refractivity contribution in [3.63, 3.8) is 0 Å². The molecule has 138 valence electrons. The van der Waals surface area contributed by atoms with E-state index in [1.165, 1.54) is 5.56 Å². The minimum absolute atomic E-state index is 0.154. The summed E-state index contributed by atoms with van der Waals surface area (Å²) >= 11 is 0. The van der Waals surface area contributed by atoms with Gasteiger partial charge in [-0.25, -0.2) is 4.98 Å². The molecule has 0 bridgehead atoms.